The van der Waals surface area contributed by atoms with Crippen molar-refractivity contribution in [2.45, 2.75) is 11.2 Å². The van der Waals surface area contributed by atoms with Crippen molar-refractivity contribution in [1.82, 2.24) is 14.5 Å². The lowest BCUT2D eigenvalue weighted by Crippen LogP contribution is -2.52. The van der Waals surface area contributed by atoms with Gasteiger partial charge in [-0.3, -0.25) is 9.59 Å². The number of carbonyl (C=O) groups is 2. The molecule has 2 aliphatic heterocycles. The predicted octanol–water partition coefficient (Wildman–Crippen LogP) is 3.59. The van der Waals surface area contributed by atoms with Crippen LogP contribution in [0.2, 0.25) is 5.02 Å². The summed E-state index contributed by atoms with van der Waals surface area (Å²) in [5.41, 5.74) is 2.82. The van der Waals surface area contributed by atoms with E-state index in [1.807, 2.05) is 22.8 Å². The van der Waals surface area contributed by atoms with E-state index in [0.29, 0.717) is 29.4 Å². The molecule has 7 nitrogen and oxygen atoms in total. The van der Waals surface area contributed by atoms with Crippen molar-refractivity contribution in [3.8, 4) is 6.07 Å². The van der Waals surface area contributed by atoms with Gasteiger partial charge in [0, 0.05) is 29.6 Å². The average Bonchev–Trinajstić information content (AvgIpc) is 3.41. The lowest BCUT2D eigenvalue weighted by molar-refractivity contribution is -0.120. The summed E-state index contributed by atoms with van der Waals surface area (Å²) in [6.45, 7) is 0.826. The number of rotatable bonds is 3. The van der Waals surface area contributed by atoms with E-state index in [9.17, 15) is 9.59 Å². The van der Waals surface area contributed by atoms with Crippen LogP contribution in [0.4, 0.5) is 5.69 Å². The van der Waals surface area contributed by atoms with Gasteiger partial charge in [0.2, 0.25) is 5.91 Å². The van der Waals surface area contributed by atoms with E-state index >= 15 is 0 Å². The van der Waals surface area contributed by atoms with Gasteiger partial charge < -0.3 is 14.4 Å². The van der Waals surface area contributed by atoms with E-state index in [-0.39, 0.29) is 24.4 Å². The molecule has 1 aromatic heterocycles. The van der Waals surface area contributed by atoms with Gasteiger partial charge in [-0.1, -0.05) is 41.6 Å². The van der Waals surface area contributed by atoms with Gasteiger partial charge in [-0.05, 0) is 35.9 Å². The van der Waals surface area contributed by atoms with E-state index in [1.165, 1.54) is 0 Å². The Morgan fingerprint density at radius 3 is 2.72 bits per heavy atom. The first-order chi connectivity index (χ1) is 15.5. The number of piperazine rings is 1. The maximum atomic E-state index is 13.4. The first kappa shape index (κ1) is 20.6. The zero-order valence-corrected chi connectivity index (χ0v) is 18.5. The fourth-order valence-electron chi connectivity index (χ4n) is 4.09. The van der Waals surface area contributed by atoms with Crippen LogP contribution in [-0.4, -0.2) is 51.7 Å². The molecule has 0 radical (unpaired) electrons. The van der Waals surface area contributed by atoms with Crippen LogP contribution >= 0.6 is 23.4 Å². The van der Waals surface area contributed by atoms with Crippen molar-refractivity contribution < 1.29 is 9.59 Å². The molecule has 3 aromatic rings. The van der Waals surface area contributed by atoms with E-state index < -0.39 is 0 Å². The molecule has 0 N–H and O–H groups in total. The Morgan fingerprint density at radius 1 is 1.19 bits per heavy atom. The number of hydrogen-bond acceptors (Lipinski definition) is 5. The minimum atomic E-state index is -0.205. The normalized spacial score (nSPS) is 17.9. The van der Waals surface area contributed by atoms with E-state index in [4.69, 9.17) is 16.9 Å². The summed E-state index contributed by atoms with van der Waals surface area (Å²) in [5.74, 6) is 0.409. The van der Waals surface area contributed by atoms with Crippen molar-refractivity contribution in [3.05, 3.63) is 76.6 Å². The number of imidazole rings is 1. The highest BCUT2D eigenvalue weighted by molar-refractivity contribution is 7.99. The van der Waals surface area contributed by atoms with Gasteiger partial charge in [-0.2, -0.15) is 5.26 Å². The molecule has 160 valence electrons. The molecule has 0 unspecified atom stereocenters. The molecule has 2 aliphatic rings. The van der Waals surface area contributed by atoms with Crippen LogP contribution in [0.3, 0.4) is 0 Å². The SMILES string of the molecule is N#Cc1ccc([C@@H]2CSc3ncc(C(=O)N4CCN(c5cccc(Cl)c5)C(=O)C4)n32)cc1. The molecular weight excluding hydrogens is 446 g/mol. The van der Waals surface area contributed by atoms with Gasteiger partial charge in [0.25, 0.3) is 5.91 Å². The Bertz CT molecular complexity index is 1250. The fraction of sp³-hybridized carbons (Fsp3) is 0.217. The second-order valence-electron chi connectivity index (χ2n) is 7.61. The summed E-state index contributed by atoms with van der Waals surface area (Å²) in [6, 6.07) is 16.6. The van der Waals surface area contributed by atoms with Crippen LogP contribution in [0.1, 0.15) is 27.7 Å². The first-order valence-electron chi connectivity index (χ1n) is 10.1. The fourth-order valence-corrected chi connectivity index (χ4v) is 5.41. The van der Waals surface area contributed by atoms with E-state index in [0.717, 1.165) is 22.2 Å². The number of benzene rings is 2. The van der Waals surface area contributed by atoms with Crippen LogP contribution in [0, 0.1) is 11.3 Å². The summed E-state index contributed by atoms with van der Waals surface area (Å²) >= 11 is 7.66. The number of halogens is 1. The largest absolute Gasteiger partial charge is 0.326 e. The lowest BCUT2D eigenvalue weighted by atomic mass is 10.1. The molecule has 0 bridgehead atoms. The number of nitrogens with zero attached hydrogens (tertiary/aromatic N) is 5. The summed E-state index contributed by atoms with van der Waals surface area (Å²) < 4.78 is 1.95. The molecule has 0 aliphatic carbocycles. The molecule has 2 aromatic carbocycles. The van der Waals surface area contributed by atoms with Gasteiger partial charge in [-0.15, -0.1) is 0 Å². The number of carbonyl (C=O) groups excluding carboxylic acids is 2. The van der Waals surface area contributed by atoms with Crippen LogP contribution in [0.15, 0.2) is 59.9 Å². The van der Waals surface area contributed by atoms with E-state index in [2.05, 4.69) is 11.1 Å². The van der Waals surface area contributed by atoms with Gasteiger partial charge in [0.15, 0.2) is 5.16 Å². The molecule has 1 fully saturated rings. The molecule has 0 saturated carbocycles. The molecule has 32 heavy (non-hydrogen) atoms. The number of aromatic nitrogens is 2. The lowest BCUT2D eigenvalue weighted by Gasteiger charge is -2.34. The maximum absolute atomic E-state index is 13.4. The van der Waals surface area contributed by atoms with Crippen molar-refractivity contribution in [2.75, 3.05) is 30.3 Å². The number of fused-ring (bicyclic) bond motifs is 1. The minimum absolute atomic E-state index is 0.000532. The van der Waals surface area contributed by atoms with Crippen molar-refractivity contribution in [2.24, 2.45) is 0 Å². The van der Waals surface area contributed by atoms with Gasteiger partial charge in [0.1, 0.15) is 12.2 Å². The molecule has 3 heterocycles. The Labute approximate surface area is 194 Å². The number of anilines is 1. The quantitative estimate of drug-likeness (QED) is 0.592. The van der Waals surface area contributed by atoms with Crippen molar-refractivity contribution in [3.63, 3.8) is 0 Å². The third-order valence-electron chi connectivity index (χ3n) is 5.72. The Balaban J connectivity index is 1.36. The summed E-state index contributed by atoms with van der Waals surface area (Å²) in [5, 5.41) is 10.4. The zero-order chi connectivity index (χ0) is 22.2. The predicted molar refractivity (Wildman–Crippen MR) is 122 cm³/mol. The standard InChI is InChI=1S/C23H18ClN5O2S/c24-17-2-1-3-18(10-17)28-9-8-27(13-21(28)30)22(31)19-12-26-23-29(19)20(14-32-23)16-6-4-15(11-25)5-7-16/h1-7,10,12,20H,8-9,13-14H2/t20-/m0/s1. The van der Waals surface area contributed by atoms with E-state index in [1.54, 1.807) is 58.1 Å². The van der Waals surface area contributed by atoms with Gasteiger partial charge in [0.05, 0.1) is 23.9 Å². The molecule has 2 amide bonds. The Hall–Kier alpha value is -3.28. The molecule has 9 heteroatoms. The zero-order valence-electron chi connectivity index (χ0n) is 16.9. The monoisotopic (exact) mass is 463 g/mol. The smallest absolute Gasteiger partial charge is 0.272 e. The minimum Gasteiger partial charge on any atom is -0.326 e. The molecular formula is C23H18ClN5O2S. The van der Waals surface area contributed by atoms with Crippen molar-refractivity contribution in [1.29, 1.82) is 5.26 Å². The second kappa shape index (κ2) is 8.34. The highest BCUT2D eigenvalue weighted by atomic mass is 35.5. The highest BCUT2D eigenvalue weighted by Gasteiger charge is 2.34. The number of hydrogen-bond donors (Lipinski definition) is 0. The number of nitriles is 1. The summed E-state index contributed by atoms with van der Waals surface area (Å²) in [6.07, 6.45) is 1.59. The maximum Gasteiger partial charge on any atom is 0.272 e. The molecule has 1 saturated heterocycles. The van der Waals surface area contributed by atoms with Gasteiger partial charge >= 0.3 is 0 Å². The van der Waals surface area contributed by atoms with Crippen LogP contribution in [0.25, 0.3) is 0 Å². The van der Waals surface area contributed by atoms with Gasteiger partial charge in [-0.25, -0.2) is 4.98 Å². The molecule has 1 atom stereocenters. The second-order valence-corrected chi connectivity index (χ2v) is 9.03. The third kappa shape index (κ3) is 3.64. The Morgan fingerprint density at radius 2 is 2.00 bits per heavy atom. The first-order valence-corrected chi connectivity index (χ1v) is 11.5. The molecule has 0 spiro atoms. The summed E-state index contributed by atoms with van der Waals surface area (Å²) in [7, 11) is 0. The number of amides is 2. The topological polar surface area (TPSA) is 82.2 Å². The van der Waals surface area contributed by atoms with Crippen molar-refractivity contribution >= 4 is 40.9 Å². The molecule has 5 rings (SSSR count). The Kier molecular flexibility index (Phi) is 5.37. The van der Waals surface area contributed by atoms with Crippen LogP contribution < -0.4 is 4.90 Å². The van der Waals surface area contributed by atoms with Crippen LogP contribution in [0.5, 0.6) is 0 Å². The number of thioether (sulfide) groups is 1. The third-order valence-corrected chi connectivity index (χ3v) is 6.99. The van der Waals surface area contributed by atoms with Crippen LogP contribution in [-0.2, 0) is 4.79 Å². The summed E-state index contributed by atoms with van der Waals surface area (Å²) in [4.78, 5) is 33.8. The average molecular weight is 464 g/mol. The highest BCUT2D eigenvalue weighted by Crippen LogP contribution is 2.38.